The van der Waals surface area contributed by atoms with Gasteiger partial charge >= 0.3 is 5.97 Å². The van der Waals surface area contributed by atoms with Crippen LogP contribution in [0.2, 0.25) is 0 Å². The molecule has 2 bridgehead atoms. The molecular formula is C15H16FNO4. The number of aromatic hydroxyl groups is 1. The van der Waals surface area contributed by atoms with E-state index < -0.39 is 41.0 Å². The molecule has 0 aromatic heterocycles. The molecule has 0 aliphatic heterocycles. The number of halogens is 1. The summed E-state index contributed by atoms with van der Waals surface area (Å²) in [5.74, 6) is -3.37. The molecule has 5 nitrogen and oxygen atoms in total. The molecule has 1 amide bonds. The van der Waals surface area contributed by atoms with Gasteiger partial charge in [-0.05, 0) is 43.2 Å². The Balaban J connectivity index is 1.83. The monoisotopic (exact) mass is 293 g/mol. The van der Waals surface area contributed by atoms with Crippen molar-refractivity contribution in [2.75, 3.05) is 0 Å². The quantitative estimate of drug-likeness (QED) is 0.792. The van der Waals surface area contributed by atoms with Crippen LogP contribution in [0.25, 0.3) is 0 Å². The third kappa shape index (κ3) is 2.24. The van der Waals surface area contributed by atoms with Gasteiger partial charge in [-0.15, -0.1) is 0 Å². The molecule has 0 saturated heterocycles. The van der Waals surface area contributed by atoms with Crippen LogP contribution < -0.4 is 5.32 Å². The molecule has 21 heavy (non-hydrogen) atoms. The predicted molar refractivity (Wildman–Crippen MR) is 71.3 cm³/mol. The fourth-order valence-corrected chi connectivity index (χ4v) is 3.82. The van der Waals surface area contributed by atoms with Gasteiger partial charge in [0.15, 0.2) is 0 Å². The highest BCUT2D eigenvalue weighted by Gasteiger charge is 2.51. The molecule has 3 rings (SSSR count). The molecule has 4 atom stereocenters. The average Bonchev–Trinajstić information content (AvgIpc) is 2.98. The zero-order valence-corrected chi connectivity index (χ0v) is 11.3. The summed E-state index contributed by atoms with van der Waals surface area (Å²) < 4.78 is 13.7. The highest BCUT2D eigenvalue weighted by atomic mass is 19.1. The van der Waals surface area contributed by atoms with Crippen LogP contribution in [0.5, 0.6) is 5.75 Å². The largest absolute Gasteiger partial charge is 0.507 e. The molecule has 2 aliphatic carbocycles. The molecular weight excluding hydrogens is 277 g/mol. The number of carbonyl (C=O) groups is 2. The van der Waals surface area contributed by atoms with E-state index in [9.17, 15) is 24.2 Å². The molecule has 6 heteroatoms. The topological polar surface area (TPSA) is 86.6 Å². The third-order valence-corrected chi connectivity index (χ3v) is 4.72. The third-order valence-electron chi connectivity index (χ3n) is 4.72. The van der Waals surface area contributed by atoms with E-state index in [0.29, 0.717) is 0 Å². The minimum absolute atomic E-state index is 0.0759. The number of benzene rings is 1. The van der Waals surface area contributed by atoms with Crippen LogP contribution in [0, 0.1) is 23.6 Å². The highest BCUT2D eigenvalue weighted by Crippen LogP contribution is 2.48. The van der Waals surface area contributed by atoms with Crippen LogP contribution in [0.4, 0.5) is 4.39 Å². The number of carboxylic acid groups (broad SMARTS) is 1. The molecule has 2 fully saturated rings. The van der Waals surface area contributed by atoms with Gasteiger partial charge in [-0.3, -0.25) is 9.59 Å². The van der Waals surface area contributed by atoms with Crippen molar-refractivity contribution < 1.29 is 24.2 Å². The van der Waals surface area contributed by atoms with Gasteiger partial charge in [0, 0.05) is 6.04 Å². The number of phenols is 1. The van der Waals surface area contributed by atoms with E-state index in [-0.39, 0.29) is 11.8 Å². The molecule has 0 spiro atoms. The van der Waals surface area contributed by atoms with Crippen LogP contribution >= 0.6 is 0 Å². The second kappa shape index (κ2) is 5.02. The van der Waals surface area contributed by atoms with Crippen molar-refractivity contribution in [1.29, 1.82) is 0 Å². The summed E-state index contributed by atoms with van der Waals surface area (Å²) in [4.78, 5) is 23.6. The van der Waals surface area contributed by atoms with Gasteiger partial charge in [-0.2, -0.15) is 0 Å². The predicted octanol–water partition coefficient (Wildman–Crippen LogP) is 1.76. The van der Waals surface area contributed by atoms with Crippen LogP contribution in [0.3, 0.4) is 0 Å². The van der Waals surface area contributed by atoms with Crippen LogP contribution in [0.1, 0.15) is 29.6 Å². The Bertz CT molecular complexity index is 583. The van der Waals surface area contributed by atoms with Crippen molar-refractivity contribution >= 4 is 11.9 Å². The number of hydrogen-bond acceptors (Lipinski definition) is 3. The summed E-state index contributed by atoms with van der Waals surface area (Å²) in [7, 11) is 0. The molecule has 3 N–H and O–H groups in total. The van der Waals surface area contributed by atoms with Crippen LogP contribution in [0.15, 0.2) is 18.2 Å². The van der Waals surface area contributed by atoms with Gasteiger partial charge in [0.05, 0.1) is 5.92 Å². The SMILES string of the molecule is O=C(NC1C2CCC(C2)C1C(=O)O)c1c(O)cccc1F. The minimum Gasteiger partial charge on any atom is -0.507 e. The number of carbonyl (C=O) groups excluding carboxylic acids is 1. The first-order valence-corrected chi connectivity index (χ1v) is 7.00. The average molecular weight is 293 g/mol. The molecule has 2 aliphatic rings. The Hall–Kier alpha value is -2.11. The lowest BCUT2D eigenvalue weighted by atomic mass is 9.84. The molecule has 0 radical (unpaired) electrons. The van der Waals surface area contributed by atoms with Crippen molar-refractivity contribution in [1.82, 2.24) is 5.32 Å². The van der Waals surface area contributed by atoms with E-state index in [1.165, 1.54) is 12.1 Å². The normalized spacial score (nSPS) is 30.3. The number of fused-ring (bicyclic) bond motifs is 2. The number of carboxylic acids is 1. The van der Waals surface area contributed by atoms with Crippen molar-refractivity contribution in [3.05, 3.63) is 29.6 Å². The van der Waals surface area contributed by atoms with Crippen molar-refractivity contribution in [2.24, 2.45) is 17.8 Å². The van der Waals surface area contributed by atoms with Gasteiger partial charge in [-0.25, -0.2) is 4.39 Å². The zero-order chi connectivity index (χ0) is 15.1. The molecule has 1 aromatic carbocycles. The maximum Gasteiger partial charge on any atom is 0.308 e. The van der Waals surface area contributed by atoms with Crippen LogP contribution in [-0.4, -0.2) is 28.1 Å². The Kier molecular flexibility index (Phi) is 3.31. The lowest BCUT2D eigenvalue weighted by molar-refractivity contribution is -0.144. The number of rotatable bonds is 3. The lowest BCUT2D eigenvalue weighted by Gasteiger charge is -2.29. The van der Waals surface area contributed by atoms with Gasteiger partial charge in [-0.1, -0.05) is 6.07 Å². The van der Waals surface area contributed by atoms with Crippen molar-refractivity contribution in [3.8, 4) is 5.75 Å². The Morgan fingerprint density at radius 2 is 1.95 bits per heavy atom. The lowest BCUT2D eigenvalue weighted by Crippen LogP contribution is -2.47. The highest BCUT2D eigenvalue weighted by molar-refractivity contribution is 5.97. The molecule has 1 aromatic rings. The Labute approximate surface area is 120 Å². The summed E-state index contributed by atoms with van der Waals surface area (Å²) >= 11 is 0. The van der Waals surface area contributed by atoms with Crippen molar-refractivity contribution in [3.63, 3.8) is 0 Å². The van der Waals surface area contributed by atoms with E-state index in [1.807, 2.05) is 0 Å². The van der Waals surface area contributed by atoms with Crippen LogP contribution in [-0.2, 0) is 4.79 Å². The number of hydrogen-bond donors (Lipinski definition) is 3. The first kappa shape index (κ1) is 13.9. The smallest absolute Gasteiger partial charge is 0.308 e. The maximum atomic E-state index is 13.7. The second-order valence-electron chi connectivity index (χ2n) is 5.83. The van der Waals surface area contributed by atoms with Gasteiger partial charge < -0.3 is 15.5 Å². The minimum atomic E-state index is -0.926. The number of aliphatic carboxylic acids is 1. The zero-order valence-electron chi connectivity index (χ0n) is 11.3. The van der Waals surface area contributed by atoms with Gasteiger partial charge in [0.1, 0.15) is 17.1 Å². The maximum absolute atomic E-state index is 13.7. The van der Waals surface area contributed by atoms with E-state index in [0.717, 1.165) is 25.3 Å². The number of nitrogens with one attached hydrogen (secondary N) is 1. The summed E-state index contributed by atoms with van der Waals surface area (Å²) in [5.41, 5.74) is -0.426. The van der Waals surface area contributed by atoms with E-state index in [1.54, 1.807) is 0 Å². The fraction of sp³-hybridized carbons (Fsp3) is 0.467. The number of phenolic OH excluding ortho intramolecular Hbond substituents is 1. The van der Waals surface area contributed by atoms with Crippen molar-refractivity contribution in [2.45, 2.75) is 25.3 Å². The number of amides is 1. The second-order valence-corrected chi connectivity index (χ2v) is 5.83. The first-order valence-electron chi connectivity index (χ1n) is 7.00. The summed E-state index contributed by atoms with van der Waals surface area (Å²) in [6, 6.07) is 3.13. The van der Waals surface area contributed by atoms with E-state index >= 15 is 0 Å². The summed E-state index contributed by atoms with van der Waals surface area (Å²) in [5, 5.41) is 21.6. The van der Waals surface area contributed by atoms with Gasteiger partial charge in [0.25, 0.3) is 5.91 Å². The fourth-order valence-electron chi connectivity index (χ4n) is 3.82. The Morgan fingerprint density at radius 1 is 1.24 bits per heavy atom. The van der Waals surface area contributed by atoms with E-state index in [2.05, 4.69) is 5.32 Å². The summed E-state index contributed by atoms with van der Waals surface area (Å²) in [6.45, 7) is 0. The Morgan fingerprint density at radius 3 is 2.62 bits per heavy atom. The standard InChI is InChI=1S/C15H16FNO4/c16-9-2-1-3-10(18)12(9)14(19)17-13-8-5-4-7(6-8)11(13)15(20)21/h1-3,7-8,11,13,18H,4-6H2,(H,17,19)(H,20,21). The molecule has 2 saturated carbocycles. The molecule has 0 heterocycles. The molecule has 4 unspecified atom stereocenters. The molecule has 112 valence electrons. The first-order chi connectivity index (χ1) is 9.99. The van der Waals surface area contributed by atoms with Gasteiger partial charge in [0.2, 0.25) is 0 Å². The van der Waals surface area contributed by atoms with E-state index in [4.69, 9.17) is 0 Å². The summed E-state index contributed by atoms with van der Waals surface area (Å²) in [6.07, 6.45) is 2.52.